The minimum absolute atomic E-state index is 0. The normalized spacial score (nSPS) is 7.50. The van der Waals surface area contributed by atoms with Crippen molar-refractivity contribution in [1.82, 2.24) is 0 Å². The van der Waals surface area contributed by atoms with Crippen molar-refractivity contribution in [3.8, 4) is 0 Å². The summed E-state index contributed by atoms with van der Waals surface area (Å²) in [6.07, 6.45) is 0. The Labute approximate surface area is 88.5 Å². The fourth-order valence-corrected chi connectivity index (χ4v) is 0. The largest absolute Gasteiger partial charge is 0.668 e. The first-order valence-corrected chi connectivity index (χ1v) is 2.68. The van der Waals surface area contributed by atoms with Crippen LogP contribution in [0.2, 0.25) is 0 Å². The molecule has 0 heterocycles. The maximum Gasteiger partial charge on any atom is 0.668 e. The monoisotopic (exact) mass is 247 g/mol. The third kappa shape index (κ3) is 104. The van der Waals surface area contributed by atoms with Gasteiger partial charge >= 0.3 is 9.05 Å². The molecule has 0 bridgehead atoms. The van der Waals surface area contributed by atoms with E-state index < -0.39 is 9.05 Å². The molecule has 0 aliphatic carbocycles. The minimum Gasteiger partial charge on any atom is -0.368 e. The van der Waals surface area contributed by atoms with Crippen molar-refractivity contribution >= 4 is 37.4 Å². The Morgan fingerprint density at radius 2 is 0.875 bits per heavy atom. The van der Waals surface area contributed by atoms with E-state index in [1.165, 1.54) is 0 Å². The van der Waals surface area contributed by atoms with Crippen LogP contribution in [-0.4, -0.2) is 56.6 Å². The summed E-state index contributed by atoms with van der Waals surface area (Å²) in [5.74, 6) is 0. The van der Waals surface area contributed by atoms with Gasteiger partial charge in [0.2, 0.25) is 0 Å². The quantitative estimate of drug-likeness (QED) is 0.322. The Kier molecular flexibility index (Phi) is 25.1. The van der Waals surface area contributed by atoms with Crippen molar-refractivity contribution in [3.05, 3.63) is 0 Å². The van der Waals surface area contributed by atoms with Gasteiger partial charge in [-0.05, 0) is 11.0 Å². The van der Waals surface area contributed by atoms with E-state index in [0.29, 0.717) is 0 Å². The third-order valence-electron chi connectivity index (χ3n) is 0. The molecule has 8 heavy (non-hydrogen) atoms. The van der Waals surface area contributed by atoms with Gasteiger partial charge in [0.1, 0.15) is 0 Å². The average molecular weight is 247 g/mol. The molecule has 0 aliphatic rings. The molecule has 0 rings (SSSR count). The Morgan fingerprint density at radius 3 is 0.875 bits per heavy atom. The second-order valence-electron chi connectivity index (χ2n) is 0.600. The van der Waals surface area contributed by atoms with E-state index in [1.54, 1.807) is 0 Å². The molecule has 0 aromatic carbocycles. The second kappa shape index (κ2) is 8.91. The SMILES string of the molecule is O[Si](O)(O)O.[AlH3].[SiH4].[Y]. The summed E-state index contributed by atoms with van der Waals surface area (Å²) in [6.45, 7) is 0. The van der Waals surface area contributed by atoms with E-state index in [4.69, 9.17) is 19.2 Å². The molecule has 0 saturated carbocycles. The van der Waals surface area contributed by atoms with Gasteiger partial charge < -0.3 is 19.2 Å². The number of hydrogen-bond donors (Lipinski definition) is 4. The zero-order valence-electron chi connectivity index (χ0n) is 2.87. The van der Waals surface area contributed by atoms with Gasteiger partial charge in [-0.3, -0.25) is 0 Å². The van der Waals surface area contributed by atoms with Crippen LogP contribution in [0.5, 0.6) is 0 Å². The van der Waals surface area contributed by atoms with Gasteiger partial charge in [-0.1, -0.05) is 0 Å². The molecule has 1 radical (unpaired) electrons. The van der Waals surface area contributed by atoms with Crippen molar-refractivity contribution in [2.45, 2.75) is 0 Å². The van der Waals surface area contributed by atoms with Crippen LogP contribution in [0.25, 0.3) is 0 Å². The van der Waals surface area contributed by atoms with Crippen LogP contribution >= 0.6 is 0 Å². The predicted molar refractivity (Wildman–Crippen MR) is 35.9 cm³/mol. The van der Waals surface area contributed by atoms with Crippen LogP contribution in [0, 0.1) is 0 Å². The van der Waals surface area contributed by atoms with Crippen molar-refractivity contribution in [2.75, 3.05) is 0 Å². The molecule has 0 atom stereocenters. The van der Waals surface area contributed by atoms with E-state index in [2.05, 4.69) is 0 Å². The predicted octanol–water partition coefficient (Wildman–Crippen LogP) is -5.25. The maximum absolute atomic E-state index is 7.33. The van der Waals surface area contributed by atoms with Gasteiger partial charge in [-0.2, -0.15) is 0 Å². The third-order valence-corrected chi connectivity index (χ3v) is 0. The van der Waals surface area contributed by atoms with E-state index in [0.717, 1.165) is 0 Å². The van der Waals surface area contributed by atoms with Crippen LogP contribution in [0.3, 0.4) is 0 Å². The van der Waals surface area contributed by atoms with Crippen LogP contribution < -0.4 is 0 Å². The molecule has 4 N–H and O–H groups in total. The molecule has 0 amide bonds. The molecule has 4 nitrogen and oxygen atoms in total. The molecule has 0 aromatic rings. The number of rotatable bonds is 0. The molecule has 0 spiro atoms. The van der Waals surface area contributed by atoms with E-state index in [1.807, 2.05) is 0 Å². The van der Waals surface area contributed by atoms with Gasteiger partial charge in [0.25, 0.3) is 0 Å². The first-order chi connectivity index (χ1) is 2.00. The first-order valence-electron chi connectivity index (χ1n) is 0.894. The first kappa shape index (κ1) is 22.5. The van der Waals surface area contributed by atoms with Gasteiger partial charge in [0, 0.05) is 32.7 Å². The van der Waals surface area contributed by atoms with Crippen molar-refractivity contribution in [1.29, 1.82) is 0 Å². The van der Waals surface area contributed by atoms with E-state index >= 15 is 0 Å². The second-order valence-corrected chi connectivity index (χ2v) is 1.80. The van der Waals surface area contributed by atoms with E-state index in [9.17, 15) is 0 Å². The zero-order chi connectivity index (χ0) is 4.50. The van der Waals surface area contributed by atoms with E-state index in [-0.39, 0.29) is 61.0 Å². The maximum atomic E-state index is 7.33. The minimum atomic E-state index is -4.61. The molecule has 49 valence electrons. The fourth-order valence-electron chi connectivity index (χ4n) is 0. The van der Waals surface area contributed by atoms with Gasteiger partial charge in [-0.15, -0.1) is 0 Å². The molecular formula is H11AlO4Si2Y. The molecule has 0 aromatic heterocycles. The van der Waals surface area contributed by atoms with Gasteiger partial charge in [0.05, 0.1) is 0 Å². The summed E-state index contributed by atoms with van der Waals surface area (Å²) in [7, 11) is -4.61. The molecule has 0 aliphatic heterocycles. The van der Waals surface area contributed by atoms with Gasteiger partial charge in [0.15, 0.2) is 17.4 Å². The van der Waals surface area contributed by atoms with Crippen molar-refractivity contribution in [2.24, 2.45) is 0 Å². The molecule has 8 heteroatoms. The summed E-state index contributed by atoms with van der Waals surface area (Å²) < 4.78 is 0. The Balaban J connectivity index is -0.0000000267. The zero-order valence-corrected chi connectivity index (χ0v) is 6.70. The van der Waals surface area contributed by atoms with Crippen LogP contribution in [0.1, 0.15) is 0 Å². The Bertz CT molecular complexity index is 29.5. The Hall–Kier alpha value is 1.91. The summed E-state index contributed by atoms with van der Waals surface area (Å²) in [4.78, 5) is 29.3. The van der Waals surface area contributed by atoms with Gasteiger partial charge in [-0.25, -0.2) is 0 Å². The number of hydrogen-bond acceptors (Lipinski definition) is 4. The topological polar surface area (TPSA) is 80.9 Å². The van der Waals surface area contributed by atoms with Crippen LogP contribution in [-0.2, 0) is 32.7 Å². The summed E-state index contributed by atoms with van der Waals surface area (Å²) >= 11 is 0. The summed E-state index contributed by atoms with van der Waals surface area (Å²) in [5.41, 5.74) is 0. The summed E-state index contributed by atoms with van der Waals surface area (Å²) in [5, 5.41) is 0. The fraction of sp³-hybridized carbons (Fsp3) is 0. The standard InChI is InChI=1S/Al.H4O4Si.H4Si.Y.3H/c;1-5(2,3)4;;;;;/h;1-4H;1H4;;;;. The Morgan fingerprint density at radius 1 is 0.875 bits per heavy atom. The summed E-state index contributed by atoms with van der Waals surface area (Å²) in [6, 6.07) is 0. The molecule has 0 unspecified atom stereocenters. The van der Waals surface area contributed by atoms with Crippen LogP contribution in [0.15, 0.2) is 0 Å². The molecule has 0 saturated heterocycles. The molecule has 0 fully saturated rings. The van der Waals surface area contributed by atoms with Crippen molar-refractivity contribution < 1.29 is 51.9 Å². The average Bonchev–Trinajstić information content (AvgIpc) is 0.722. The smallest absolute Gasteiger partial charge is 0.368 e. The van der Waals surface area contributed by atoms with Crippen molar-refractivity contribution in [3.63, 3.8) is 0 Å². The molecular weight excluding hydrogens is 236 g/mol. The van der Waals surface area contributed by atoms with Crippen LogP contribution in [0.4, 0.5) is 0 Å².